The minimum Gasteiger partial charge on any atom is -0.497 e. The summed E-state index contributed by atoms with van der Waals surface area (Å²) < 4.78 is 12.6. The lowest BCUT2D eigenvalue weighted by Gasteiger charge is -2.19. The average molecular weight is 459 g/mol. The average Bonchev–Trinajstić information content (AvgIpc) is 3.19. The van der Waals surface area contributed by atoms with Crippen LogP contribution in [0.2, 0.25) is 0 Å². The van der Waals surface area contributed by atoms with E-state index in [1.165, 1.54) is 0 Å². The van der Waals surface area contributed by atoms with E-state index < -0.39 is 6.10 Å². The lowest BCUT2D eigenvalue weighted by Crippen LogP contribution is -2.30. The highest BCUT2D eigenvalue weighted by Crippen LogP contribution is 2.47. The van der Waals surface area contributed by atoms with E-state index in [2.05, 4.69) is 28.1 Å². The van der Waals surface area contributed by atoms with Crippen LogP contribution in [0.15, 0.2) is 89.4 Å². The summed E-state index contributed by atoms with van der Waals surface area (Å²) >= 11 is 3.44. The number of benzene rings is 4. The van der Waals surface area contributed by atoms with E-state index in [1.807, 2.05) is 72.8 Å². The maximum Gasteiger partial charge on any atom is 0.204 e. The van der Waals surface area contributed by atoms with Crippen LogP contribution in [0, 0.1) is 0 Å². The predicted molar refractivity (Wildman–Crippen MR) is 122 cm³/mol. The Morgan fingerprint density at radius 2 is 1.63 bits per heavy atom. The smallest absolute Gasteiger partial charge is 0.204 e. The number of methoxy groups -OCH3 is 1. The molecule has 0 amide bonds. The Morgan fingerprint density at radius 3 is 2.37 bits per heavy atom. The van der Waals surface area contributed by atoms with Crippen LogP contribution in [-0.2, 0) is 0 Å². The number of Topliss-reactive ketones (excluding diaryl/α,β-unsaturated/α-hetero) is 1. The summed E-state index contributed by atoms with van der Waals surface area (Å²) in [6.45, 7) is 0. The van der Waals surface area contributed by atoms with E-state index in [9.17, 15) is 4.79 Å². The van der Waals surface area contributed by atoms with E-state index in [-0.39, 0.29) is 11.7 Å². The topological polar surface area (TPSA) is 35.5 Å². The Balaban J connectivity index is 1.67. The Kier molecular flexibility index (Phi) is 4.80. The normalized spacial score (nSPS) is 17.4. The van der Waals surface area contributed by atoms with Gasteiger partial charge in [-0.05, 0) is 46.7 Å². The van der Waals surface area contributed by atoms with Crippen molar-refractivity contribution in [3.63, 3.8) is 0 Å². The van der Waals surface area contributed by atoms with Crippen molar-refractivity contribution in [2.45, 2.75) is 12.0 Å². The summed E-state index contributed by atoms with van der Waals surface area (Å²) in [4.78, 5) is 13.5. The van der Waals surface area contributed by atoms with Gasteiger partial charge in [0.15, 0.2) is 6.10 Å². The quantitative estimate of drug-likeness (QED) is 0.332. The van der Waals surface area contributed by atoms with Gasteiger partial charge in [0.2, 0.25) is 5.78 Å². The van der Waals surface area contributed by atoms with Crippen molar-refractivity contribution in [3.05, 3.63) is 106 Å². The number of carbonyl (C=O) groups is 1. The Morgan fingerprint density at radius 1 is 0.900 bits per heavy atom. The summed E-state index contributed by atoms with van der Waals surface area (Å²) in [5.41, 5.74) is 2.73. The van der Waals surface area contributed by atoms with Crippen LogP contribution in [-0.4, -0.2) is 19.0 Å². The molecule has 0 radical (unpaired) electrons. The zero-order chi connectivity index (χ0) is 20.7. The summed E-state index contributed by atoms with van der Waals surface area (Å²) in [6, 6.07) is 27.6. The van der Waals surface area contributed by atoms with E-state index in [1.54, 1.807) is 7.11 Å². The van der Waals surface area contributed by atoms with Gasteiger partial charge < -0.3 is 9.47 Å². The first-order valence-electron chi connectivity index (χ1n) is 9.78. The fourth-order valence-corrected chi connectivity index (χ4v) is 4.46. The van der Waals surface area contributed by atoms with Gasteiger partial charge >= 0.3 is 0 Å². The number of ketones is 1. The number of fused-ring (bicyclic) bond motifs is 3. The van der Waals surface area contributed by atoms with Crippen LogP contribution in [0.1, 0.15) is 27.4 Å². The highest BCUT2D eigenvalue weighted by atomic mass is 79.9. The summed E-state index contributed by atoms with van der Waals surface area (Å²) in [5, 5.41) is 2.25. The Bertz CT molecular complexity index is 1230. The second-order valence-corrected chi connectivity index (χ2v) is 8.27. The van der Waals surface area contributed by atoms with Crippen molar-refractivity contribution in [2.75, 3.05) is 7.11 Å². The fourth-order valence-electron chi connectivity index (χ4n) is 4.19. The lowest BCUT2D eigenvalue weighted by atomic mass is 9.83. The molecular formula is C26H19BrO3. The molecule has 0 aromatic heterocycles. The van der Waals surface area contributed by atoms with Crippen molar-refractivity contribution < 1.29 is 14.3 Å². The van der Waals surface area contributed by atoms with Crippen LogP contribution < -0.4 is 9.47 Å². The van der Waals surface area contributed by atoms with Crippen molar-refractivity contribution in [1.82, 2.24) is 0 Å². The van der Waals surface area contributed by atoms with Crippen LogP contribution >= 0.6 is 15.9 Å². The molecular weight excluding hydrogens is 440 g/mol. The molecule has 1 aliphatic rings. The molecule has 2 atom stereocenters. The number of rotatable bonds is 4. The molecule has 4 aromatic rings. The number of ether oxygens (including phenoxy) is 2. The second kappa shape index (κ2) is 7.62. The molecule has 0 unspecified atom stereocenters. The molecule has 5 rings (SSSR count). The SMILES string of the molecule is COc1ccc([C@@H]2c3c(ccc4ccccc34)O[C@H]2C(=O)c2ccc(Br)cc2)cc1. The second-order valence-electron chi connectivity index (χ2n) is 7.36. The maximum atomic E-state index is 13.5. The highest BCUT2D eigenvalue weighted by molar-refractivity contribution is 9.10. The molecule has 0 aliphatic carbocycles. The van der Waals surface area contributed by atoms with Gasteiger partial charge in [-0.25, -0.2) is 0 Å². The molecule has 0 N–H and O–H groups in total. The first kappa shape index (κ1) is 18.9. The first-order chi connectivity index (χ1) is 14.7. The molecule has 148 valence electrons. The zero-order valence-electron chi connectivity index (χ0n) is 16.3. The minimum absolute atomic E-state index is 0.0244. The highest BCUT2D eigenvalue weighted by Gasteiger charge is 2.41. The molecule has 1 aliphatic heterocycles. The van der Waals surface area contributed by atoms with Crippen LogP contribution in [0.4, 0.5) is 0 Å². The molecule has 0 saturated carbocycles. The number of carbonyl (C=O) groups excluding carboxylic acids is 1. The van der Waals surface area contributed by atoms with Crippen molar-refractivity contribution in [3.8, 4) is 11.5 Å². The van der Waals surface area contributed by atoms with Gasteiger partial charge in [-0.1, -0.05) is 70.5 Å². The third-order valence-electron chi connectivity index (χ3n) is 5.66. The molecule has 4 heteroatoms. The monoisotopic (exact) mass is 458 g/mol. The Hall–Kier alpha value is -3.11. The Labute approximate surface area is 183 Å². The number of halogens is 1. The maximum absolute atomic E-state index is 13.5. The standard InChI is InChI=1S/C26H19BrO3/c1-29-20-13-8-17(9-14-20)23-24-21-5-3-2-4-16(21)10-15-22(24)30-26(23)25(28)18-6-11-19(27)12-7-18/h2-15,23,26H,1H3/t23-,26-/m1/s1. The molecule has 30 heavy (non-hydrogen) atoms. The van der Waals surface area contributed by atoms with Crippen LogP contribution in [0.25, 0.3) is 10.8 Å². The van der Waals surface area contributed by atoms with Gasteiger partial charge in [0.25, 0.3) is 0 Å². The van der Waals surface area contributed by atoms with Crippen molar-refractivity contribution >= 4 is 32.5 Å². The molecule has 3 nitrogen and oxygen atoms in total. The van der Waals surface area contributed by atoms with E-state index >= 15 is 0 Å². The van der Waals surface area contributed by atoms with Gasteiger partial charge in [-0.15, -0.1) is 0 Å². The third kappa shape index (κ3) is 3.17. The lowest BCUT2D eigenvalue weighted by molar-refractivity contribution is 0.0807. The molecule has 0 saturated heterocycles. The van der Waals surface area contributed by atoms with Crippen LogP contribution in [0.5, 0.6) is 11.5 Å². The number of hydrogen-bond acceptors (Lipinski definition) is 3. The van der Waals surface area contributed by atoms with Gasteiger partial charge in [0.1, 0.15) is 11.5 Å². The van der Waals surface area contributed by atoms with Crippen LogP contribution in [0.3, 0.4) is 0 Å². The summed E-state index contributed by atoms with van der Waals surface area (Å²) in [7, 11) is 1.65. The first-order valence-corrected chi connectivity index (χ1v) is 10.6. The van der Waals surface area contributed by atoms with Gasteiger partial charge in [0, 0.05) is 15.6 Å². The predicted octanol–water partition coefficient (Wildman–Crippen LogP) is 6.39. The third-order valence-corrected chi connectivity index (χ3v) is 6.19. The van der Waals surface area contributed by atoms with Gasteiger partial charge in [-0.2, -0.15) is 0 Å². The molecule has 0 spiro atoms. The molecule has 0 bridgehead atoms. The van der Waals surface area contributed by atoms with E-state index in [4.69, 9.17) is 9.47 Å². The molecule has 4 aromatic carbocycles. The van der Waals surface area contributed by atoms with E-state index in [0.29, 0.717) is 5.56 Å². The van der Waals surface area contributed by atoms with Crippen molar-refractivity contribution in [2.24, 2.45) is 0 Å². The van der Waals surface area contributed by atoms with Crippen molar-refractivity contribution in [1.29, 1.82) is 0 Å². The fraction of sp³-hybridized carbons (Fsp3) is 0.115. The zero-order valence-corrected chi connectivity index (χ0v) is 17.9. The van der Waals surface area contributed by atoms with Gasteiger partial charge in [-0.3, -0.25) is 4.79 Å². The van der Waals surface area contributed by atoms with Gasteiger partial charge in [0.05, 0.1) is 13.0 Å². The largest absolute Gasteiger partial charge is 0.497 e. The summed E-state index contributed by atoms with van der Waals surface area (Å²) in [5.74, 6) is 1.33. The molecule has 1 heterocycles. The molecule has 0 fully saturated rings. The number of hydrogen-bond donors (Lipinski definition) is 0. The minimum atomic E-state index is -0.625. The summed E-state index contributed by atoms with van der Waals surface area (Å²) in [6.07, 6.45) is -0.625. The van der Waals surface area contributed by atoms with E-state index in [0.717, 1.165) is 37.9 Å².